The van der Waals surface area contributed by atoms with Crippen molar-refractivity contribution in [3.05, 3.63) is 119 Å². The van der Waals surface area contributed by atoms with Gasteiger partial charge in [-0.05, 0) is 78.6 Å². The molecule has 41 heavy (non-hydrogen) atoms. The van der Waals surface area contributed by atoms with Gasteiger partial charge in [-0.1, -0.05) is 50.1 Å². The minimum Gasteiger partial charge on any atom is -0.467 e. The molecule has 4 aromatic rings. The van der Waals surface area contributed by atoms with Gasteiger partial charge in [-0.15, -0.1) is 0 Å². The van der Waals surface area contributed by atoms with Crippen LogP contribution in [0.4, 0.5) is 13.2 Å². The second-order valence-electron chi connectivity index (χ2n) is 9.60. The molecular weight excluding hydrogens is 555 g/mol. The monoisotopic (exact) mass is 585 g/mol. The molecule has 3 aromatic carbocycles. The van der Waals surface area contributed by atoms with E-state index in [2.05, 4.69) is 6.92 Å². The summed E-state index contributed by atoms with van der Waals surface area (Å²) >= 11 is 0. The molecule has 0 unspecified atom stereocenters. The normalized spacial score (nSPS) is 11.8. The number of nitrogens with zero attached hydrogens (tertiary/aromatic N) is 1. The van der Waals surface area contributed by atoms with Crippen LogP contribution in [0.25, 0.3) is 0 Å². The number of hydrogen-bond donors (Lipinski definition) is 0. The van der Waals surface area contributed by atoms with Crippen LogP contribution < -0.4 is 4.18 Å². The smallest absolute Gasteiger partial charge is 0.416 e. The Morgan fingerprint density at radius 3 is 2.22 bits per heavy atom. The first-order valence-corrected chi connectivity index (χ1v) is 14.6. The van der Waals surface area contributed by atoms with Crippen molar-refractivity contribution in [1.29, 1.82) is 0 Å². The van der Waals surface area contributed by atoms with Gasteiger partial charge >= 0.3 is 16.3 Å². The number of alkyl halides is 3. The molecule has 0 aliphatic heterocycles. The van der Waals surface area contributed by atoms with Gasteiger partial charge in [-0.25, -0.2) is 0 Å². The number of aryl methyl sites for hydroxylation is 1. The molecule has 0 aliphatic rings. The van der Waals surface area contributed by atoms with Crippen LogP contribution in [0, 0.1) is 0 Å². The largest absolute Gasteiger partial charge is 0.467 e. The van der Waals surface area contributed by atoms with Gasteiger partial charge in [0.25, 0.3) is 5.91 Å². The number of furan rings is 1. The molecule has 1 aromatic heterocycles. The Bertz CT molecular complexity index is 1530. The van der Waals surface area contributed by atoms with Crippen LogP contribution in [-0.4, -0.2) is 19.2 Å². The maximum Gasteiger partial charge on any atom is 0.416 e. The number of halogens is 3. The van der Waals surface area contributed by atoms with Crippen molar-refractivity contribution in [2.24, 2.45) is 0 Å². The average Bonchev–Trinajstić information content (AvgIpc) is 3.47. The summed E-state index contributed by atoms with van der Waals surface area (Å²) in [6.45, 7) is 2.56. The van der Waals surface area contributed by atoms with Crippen molar-refractivity contribution >= 4 is 16.0 Å². The van der Waals surface area contributed by atoms with E-state index in [9.17, 15) is 26.4 Å². The molecular formula is C31H30F3NO5S. The lowest BCUT2D eigenvalue weighted by Gasteiger charge is -2.22. The van der Waals surface area contributed by atoms with Crippen molar-refractivity contribution in [2.75, 3.05) is 0 Å². The summed E-state index contributed by atoms with van der Waals surface area (Å²) in [5, 5.41) is 0. The van der Waals surface area contributed by atoms with Gasteiger partial charge < -0.3 is 13.5 Å². The number of benzene rings is 3. The maximum absolute atomic E-state index is 13.5. The predicted molar refractivity (Wildman–Crippen MR) is 148 cm³/mol. The highest BCUT2D eigenvalue weighted by atomic mass is 32.2. The van der Waals surface area contributed by atoms with Crippen molar-refractivity contribution in [1.82, 2.24) is 4.90 Å². The Hall–Kier alpha value is -4.05. The quantitative estimate of drug-likeness (QED) is 0.126. The summed E-state index contributed by atoms with van der Waals surface area (Å²) in [4.78, 5) is 14.5. The SMILES string of the molecule is CCCCCc1ccc(C(=O)N(Cc2ccc(OS(=O)(=O)c3cccc(C(F)(F)F)c3)cc2)Cc2ccco2)cc1. The molecule has 0 atom stereocenters. The van der Waals surface area contributed by atoms with Crippen LogP contribution in [0.15, 0.2) is 101 Å². The van der Waals surface area contributed by atoms with Crippen LogP contribution in [0.1, 0.15) is 59.0 Å². The summed E-state index contributed by atoms with van der Waals surface area (Å²) in [5.74, 6) is 0.323. The van der Waals surface area contributed by atoms with Crippen LogP contribution in [0.5, 0.6) is 5.75 Å². The molecule has 0 saturated carbocycles. The minimum absolute atomic E-state index is 0.0752. The van der Waals surface area contributed by atoms with Crippen molar-refractivity contribution in [2.45, 2.75) is 56.8 Å². The summed E-state index contributed by atoms with van der Waals surface area (Å²) in [6.07, 6.45) is 1.17. The number of carbonyl (C=O) groups is 1. The lowest BCUT2D eigenvalue weighted by molar-refractivity contribution is -0.137. The predicted octanol–water partition coefficient (Wildman–Crippen LogP) is 7.64. The van der Waals surface area contributed by atoms with Gasteiger partial charge in [-0.2, -0.15) is 21.6 Å². The first-order chi connectivity index (χ1) is 19.5. The summed E-state index contributed by atoms with van der Waals surface area (Å²) < 4.78 is 74.8. The van der Waals surface area contributed by atoms with E-state index in [4.69, 9.17) is 8.60 Å². The molecule has 0 bridgehead atoms. The first kappa shape index (κ1) is 29.9. The van der Waals surface area contributed by atoms with E-state index in [-0.39, 0.29) is 24.7 Å². The van der Waals surface area contributed by atoms with Gasteiger partial charge in [0.15, 0.2) is 0 Å². The summed E-state index contributed by atoms with van der Waals surface area (Å²) in [5.41, 5.74) is 1.29. The third kappa shape index (κ3) is 8.23. The van der Waals surface area contributed by atoms with Gasteiger partial charge in [0.2, 0.25) is 0 Å². The summed E-state index contributed by atoms with van der Waals surface area (Å²) in [6, 6.07) is 20.4. The molecule has 0 radical (unpaired) electrons. The van der Waals surface area contributed by atoms with Gasteiger partial charge in [-0.3, -0.25) is 4.79 Å². The fraction of sp³-hybridized carbons (Fsp3) is 0.258. The van der Waals surface area contributed by atoms with Crippen LogP contribution in [-0.2, 0) is 35.8 Å². The molecule has 0 fully saturated rings. The molecule has 216 valence electrons. The van der Waals surface area contributed by atoms with E-state index in [0.29, 0.717) is 23.0 Å². The van der Waals surface area contributed by atoms with E-state index in [1.54, 1.807) is 29.2 Å². The Labute approximate surface area is 237 Å². The Morgan fingerprint density at radius 2 is 1.59 bits per heavy atom. The number of rotatable bonds is 12. The number of unbranched alkanes of at least 4 members (excludes halogenated alkanes) is 2. The maximum atomic E-state index is 13.5. The summed E-state index contributed by atoms with van der Waals surface area (Å²) in [7, 11) is -4.50. The fourth-order valence-corrected chi connectivity index (χ4v) is 5.22. The lowest BCUT2D eigenvalue weighted by Crippen LogP contribution is -2.30. The Balaban J connectivity index is 1.48. The Morgan fingerprint density at radius 1 is 0.878 bits per heavy atom. The highest BCUT2D eigenvalue weighted by Gasteiger charge is 2.32. The second kappa shape index (κ2) is 13.1. The molecule has 0 aliphatic carbocycles. The van der Waals surface area contributed by atoms with E-state index >= 15 is 0 Å². The van der Waals surface area contributed by atoms with Crippen LogP contribution in [0.2, 0.25) is 0 Å². The van der Waals surface area contributed by atoms with Crippen LogP contribution >= 0.6 is 0 Å². The van der Waals surface area contributed by atoms with Gasteiger partial charge in [0.1, 0.15) is 16.4 Å². The average molecular weight is 586 g/mol. The Kier molecular flexibility index (Phi) is 9.54. The molecule has 4 rings (SSSR count). The molecule has 0 N–H and O–H groups in total. The highest BCUT2D eigenvalue weighted by molar-refractivity contribution is 7.87. The lowest BCUT2D eigenvalue weighted by atomic mass is 10.0. The zero-order valence-corrected chi connectivity index (χ0v) is 23.2. The molecule has 6 nitrogen and oxygen atoms in total. The van der Waals surface area contributed by atoms with Crippen molar-refractivity contribution < 1.29 is 35.0 Å². The van der Waals surface area contributed by atoms with E-state index in [0.717, 1.165) is 43.9 Å². The van der Waals surface area contributed by atoms with E-state index in [1.807, 2.05) is 24.3 Å². The third-order valence-corrected chi connectivity index (χ3v) is 7.68. The highest BCUT2D eigenvalue weighted by Crippen LogP contribution is 2.31. The number of amides is 1. The zero-order chi connectivity index (χ0) is 29.5. The third-order valence-electron chi connectivity index (χ3n) is 6.44. The van der Waals surface area contributed by atoms with Gasteiger partial charge in [0.05, 0.1) is 18.4 Å². The molecule has 0 saturated heterocycles. The molecule has 1 heterocycles. The standard InChI is InChI=1S/C31H30F3NO5S/c1-2-3-4-7-23-11-15-25(16-12-23)30(36)35(22-28-9-6-19-39-28)21-24-13-17-27(18-14-24)40-41(37,38)29-10-5-8-26(20-29)31(32,33)34/h5-6,8-20H,2-4,7,21-22H2,1H3. The first-order valence-electron chi connectivity index (χ1n) is 13.2. The van der Waals surface area contributed by atoms with Crippen molar-refractivity contribution in [3.8, 4) is 5.75 Å². The van der Waals surface area contributed by atoms with E-state index in [1.165, 1.54) is 24.0 Å². The van der Waals surface area contributed by atoms with E-state index < -0.39 is 26.8 Å². The number of carbonyl (C=O) groups excluding carboxylic acids is 1. The molecule has 10 heteroatoms. The topological polar surface area (TPSA) is 76.8 Å². The van der Waals surface area contributed by atoms with Gasteiger partial charge in [0, 0.05) is 12.1 Å². The number of hydrogen-bond acceptors (Lipinski definition) is 5. The van der Waals surface area contributed by atoms with Crippen LogP contribution in [0.3, 0.4) is 0 Å². The minimum atomic E-state index is -4.69. The fourth-order valence-electron chi connectivity index (χ4n) is 4.24. The van der Waals surface area contributed by atoms with Crippen molar-refractivity contribution in [3.63, 3.8) is 0 Å². The molecule has 1 amide bonds. The molecule has 0 spiro atoms. The second-order valence-corrected chi connectivity index (χ2v) is 11.1. The zero-order valence-electron chi connectivity index (χ0n) is 22.4.